The van der Waals surface area contributed by atoms with Gasteiger partial charge in [0.05, 0.1) is 0 Å². The maximum atomic E-state index is 12.4. The monoisotopic (exact) mass is 268 g/mol. The summed E-state index contributed by atoms with van der Waals surface area (Å²) in [6, 6.07) is 0. The molecule has 0 aromatic carbocycles. The van der Waals surface area contributed by atoms with E-state index in [1.807, 2.05) is 0 Å². The minimum atomic E-state index is -5.72. The van der Waals surface area contributed by atoms with E-state index >= 15 is 0 Å². The lowest BCUT2D eigenvalue weighted by Crippen LogP contribution is -2.49. The Morgan fingerprint density at radius 3 is 1.23 bits per heavy atom. The molecule has 0 radical (unpaired) electrons. The van der Waals surface area contributed by atoms with Gasteiger partial charge in [0.1, 0.15) is 0 Å². The highest BCUT2D eigenvalue weighted by molar-refractivity contribution is 6.36. The first kappa shape index (κ1) is 13.4. The van der Waals surface area contributed by atoms with Gasteiger partial charge in [0.2, 0.25) is 0 Å². The van der Waals surface area contributed by atoms with E-state index in [0.29, 0.717) is 0 Å². The zero-order valence-corrected chi connectivity index (χ0v) is 7.75. The first-order chi connectivity index (χ1) is 5.40. The van der Waals surface area contributed by atoms with Crippen LogP contribution in [0.5, 0.6) is 0 Å². The molecule has 0 aromatic heterocycles. The molecule has 0 saturated carbocycles. The Morgan fingerprint density at radius 1 is 0.846 bits per heavy atom. The van der Waals surface area contributed by atoms with Gasteiger partial charge in [0.25, 0.3) is 0 Å². The molecule has 0 rings (SSSR count). The van der Waals surface area contributed by atoms with Crippen LogP contribution in [0.4, 0.5) is 26.3 Å². The zero-order chi connectivity index (χ0) is 11.1. The van der Waals surface area contributed by atoms with Crippen molar-refractivity contribution < 1.29 is 26.3 Å². The quantitative estimate of drug-likeness (QED) is 0.527. The number of rotatable bonds is 2. The van der Waals surface area contributed by atoms with Crippen LogP contribution in [0.3, 0.4) is 0 Å². The Labute approximate surface area is 83.7 Å². The summed E-state index contributed by atoms with van der Waals surface area (Å²) in [5.74, 6) is 0. The fraction of sp³-hybridized carbons (Fsp3) is 1.00. The second-order valence-electron chi connectivity index (χ2n) is 2.02. The molecule has 0 N–H and O–H groups in total. The molecule has 2 atom stereocenters. The largest absolute Gasteiger partial charge is 0.438 e. The van der Waals surface area contributed by atoms with Crippen LogP contribution in [0.15, 0.2) is 0 Å². The van der Waals surface area contributed by atoms with Gasteiger partial charge >= 0.3 is 16.7 Å². The number of alkyl halides is 9. The van der Waals surface area contributed by atoms with Crippen molar-refractivity contribution in [3.8, 4) is 0 Å². The predicted octanol–water partition coefficient (Wildman–Crippen LogP) is 3.89. The molecule has 0 heterocycles. The fourth-order valence-electron chi connectivity index (χ4n) is 0.349. The molecule has 0 aliphatic heterocycles. The van der Waals surface area contributed by atoms with Gasteiger partial charge in [-0.15, -0.1) is 11.6 Å². The zero-order valence-electron chi connectivity index (χ0n) is 5.48. The Hall–Kier alpha value is 0.450. The molecule has 13 heavy (non-hydrogen) atoms. The molecule has 2 unspecified atom stereocenters. The fourth-order valence-corrected chi connectivity index (χ4v) is 0.816. The SMILES string of the molecule is FC(F)(Cl)C(Cl)C(F)(Cl)C(F)(F)F. The third-order valence-corrected chi connectivity index (χ3v) is 2.43. The van der Waals surface area contributed by atoms with Crippen molar-refractivity contribution >= 4 is 34.8 Å². The summed E-state index contributed by atoms with van der Waals surface area (Å²) in [5.41, 5.74) is 0. The summed E-state index contributed by atoms with van der Waals surface area (Å²) >= 11 is 12.7. The number of hydrogen-bond donors (Lipinski definition) is 0. The van der Waals surface area contributed by atoms with Crippen LogP contribution >= 0.6 is 34.8 Å². The molecule has 0 aliphatic rings. The van der Waals surface area contributed by atoms with Crippen LogP contribution in [0.1, 0.15) is 0 Å². The second kappa shape index (κ2) is 3.55. The molecule has 9 heteroatoms. The van der Waals surface area contributed by atoms with Gasteiger partial charge in [0, 0.05) is 0 Å². The summed E-state index contributed by atoms with van der Waals surface area (Å²) < 4.78 is 71.2. The highest BCUT2D eigenvalue weighted by Gasteiger charge is 2.66. The third-order valence-electron chi connectivity index (χ3n) is 0.984. The van der Waals surface area contributed by atoms with Crippen molar-refractivity contribution in [2.45, 2.75) is 22.1 Å². The van der Waals surface area contributed by atoms with Crippen molar-refractivity contribution in [2.75, 3.05) is 0 Å². The van der Waals surface area contributed by atoms with E-state index in [1.54, 1.807) is 0 Å². The van der Waals surface area contributed by atoms with Crippen LogP contribution in [0.25, 0.3) is 0 Å². The molecular formula is C4HCl3F6. The van der Waals surface area contributed by atoms with E-state index in [4.69, 9.17) is 0 Å². The minimum absolute atomic E-state index is 3.40. The van der Waals surface area contributed by atoms with Crippen LogP contribution < -0.4 is 0 Å². The average Bonchev–Trinajstić information content (AvgIpc) is 1.81. The van der Waals surface area contributed by atoms with E-state index in [9.17, 15) is 26.3 Å². The van der Waals surface area contributed by atoms with Gasteiger partial charge in [0.15, 0.2) is 5.38 Å². The lowest BCUT2D eigenvalue weighted by molar-refractivity contribution is -0.208. The summed E-state index contributed by atoms with van der Waals surface area (Å²) in [4.78, 5) is 0. The van der Waals surface area contributed by atoms with Crippen LogP contribution in [0.2, 0.25) is 0 Å². The van der Waals surface area contributed by atoms with E-state index in [1.165, 1.54) is 0 Å². The van der Waals surface area contributed by atoms with Crippen LogP contribution in [-0.4, -0.2) is 22.1 Å². The molecule has 0 fully saturated rings. The molecule has 0 amide bonds. The Morgan fingerprint density at radius 2 is 1.15 bits per heavy atom. The van der Waals surface area contributed by atoms with Crippen LogP contribution in [-0.2, 0) is 0 Å². The second-order valence-corrected chi connectivity index (χ2v) is 3.52. The van der Waals surface area contributed by atoms with Gasteiger partial charge < -0.3 is 0 Å². The first-order valence-corrected chi connectivity index (χ1v) is 3.75. The van der Waals surface area contributed by atoms with Crippen molar-refractivity contribution in [2.24, 2.45) is 0 Å². The topological polar surface area (TPSA) is 0 Å². The summed E-state index contributed by atoms with van der Waals surface area (Å²) in [6.07, 6.45) is -5.72. The van der Waals surface area contributed by atoms with Crippen molar-refractivity contribution in [1.82, 2.24) is 0 Å². The molecule has 0 spiro atoms. The van der Waals surface area contributed by atoms with Crippen molar-refractivity contribution in [3.05, 3.63) is 0 Å². The van der Waals surface area contributed by atoms with Gasteiger partial charge in [-0.05, 0) is 11.6 Å². The van der Waals surface area contributed by atoms with E-state index in [-0.39, 0.29) is 0 Å². The highest BCUT2D eigenvalue weighted by Crippen LogP contribution is 2.48. The first-order valence-electron chi connectivity index (χ1n) is 2.56. The molecule has 0 aromatic rings. The third kappa shape index (κ3) is 2.95. The van der Waals surface area contributed by atoms with Crippen LogP contribution in [0, 0.1) is 0 Å². The molecular weight excluding hydrogens is 268 g/mol. The minimum Gasteiger partial charge on any atom is -0.214 e. The summed E-state index contributed by atoms with van der Waals surface area (Å²) in [6.45, 7) is 0. The smallest absolute Gasteiger partial charge is 0.214 e. The van der Waals surface area contributed by atoms with Gasteiger partial charge in [-0.2, -0.15) is 22.0 Å². The number of halogens is 9. The predicted molar refractivity (Wildman–Crippen MR) is 36.2 cm³/mol. The van der Waals surface area contributed by atoms with E-state index < -0.39 is 22.1 Å². The van der Waals surface area contributed by atoms with E-state index in [0.717, 1.165) is 0 Å². The molecule has 0 saturated heterocycles. The lowest BCUT2D eigenvalue weighted by atomic mass is 10.2. The maximum Gasteiger partial charge on any atom is 0.438 e. The molecule has 0 aliphatic carbocycles. The molecule has 0 nitrogen and oxygen atoms in total. The Balaban J connectivity index is 4.86. The van der Waals surface area contributed by atoms with Crippen molar-refractivity contribution in [3.63, 3.8) is 0 Å². The normalized spacial score (nSPS) is 21.0. The highest BCUT2D eigenvalue weighted by atomic mass is 35.5. The Bertz CT molecular complexity index is 181. The lowest BCUT2D eigenvalue weighted by Gasteiger charge is -2.27. The maximum absolute atomic E-state index is 12.4. The van der Waals surface area contributed by atoms with Gasteiger partial charge in [-0.1, -0.05) is 11.6 Å². The summed E-state index contributed by atoms with van der Waals surface area (Å²) in [7, 11) is 0. The standard InChI is InChI=1S/C4HCl3F6/c5-1(3(7,9)10)2(6,8)4(11,12)13/h1H. The number of hydrogen-bond acceptors (Lipinski definition) is 0. The van der Waals surface area contributed by atoms with Gasteiger partial charge in [-0.25, -0.2) is 4.39 Å². The Kier molecular flexibility index (Phi) is 3.67. The average molecular weight is 269 g/mol. The van der Waals surface area contributed by atoms with E-state index in [2.05, 4.69) is 34.8 Å². The molecule has 80 valence electrons. The van der Waals surface area contributed by atoms with Crippen molar-refractivity contribution in [1.29, 1.82) is 0 Å². The molecule has 0 bridgehead atoms. The van der Waals surface area contributed by atoms with Gasteiger partial charge in [-0.3, -0.25) is 0 Å². The summed E-state index contributed by atoms with van der Waals surface area (Å²) in [5, 5.41) is -12.8.